The maximum Gasteiger partial charge on any atom is 0.128 e. The van der Waals surface area contributed by atoms with E-state index in [4.69, 9.17) is 0 Å². The van der Waals surface area contributed by atoms with Gasteiger partial charge in [-0.1, -0.05) is 0 Å². The lowest BCUT2D eigenvalue weighted by Crippen LogP contribution is -2.19. The molecule has 3 heterocycles. The van der Waals surface area contributed by atoms with Crippen molar-refractivity contribution in [2.24, 2.45) is 0 Å². The lowest BCUT2D eigenvalue weighted by atomic mass is 10.2. The van der Waals surface area contributed by atoms with Crippen LogP contribution in [0.1, 0.15) is 37.2 Å². The maximum atomic E-state index is 4.56. The predicted octanol–water partition coefficient (Wildman–Crippen LogP) is 2.95. The molecule has 21 heavy (non-hydrogen) atoms. The number of aromatic nitrogens is 3. The highest BCUT2D eigenvalue weighted by Gasteiger charge is 2.14. The van der Waals surface area contributed by atoms with Gasteiger partial charge in [0.1, 0.15) is 5.82 Å². The van der Waals surface area contributed by atoms with Gasteiger partial charge in [-0.25, -0.2) is 4.98 Å². The molecule has 5 nitrogen and oxygen atoms in total. The Labute approximate surface area is 125 Å². The summed E-state index contributed by atoms with van der Waals surface area (Å²) in [6.45, 7) is 6.31. The van der Waals surface area contributed by atoms with Crippen molar-refractivity contribution in [1.29, 1.82) is 0 Å². The van der Waals surface area contributed by atoms with Crippen LogP contribution in [0, 0.1) is 6.92 Å². The fourth-order valence-corrected chi connectivity index (χ4v) is 2.77. The smallest absolute Gasteiger partial charge is 0.128 e. The minimum atomic E-state index is 0.109. The molecule has 2 aromatic heterocycles. The highest BCUT2D eigenvalue weighted by Crippen LogP contribution is 2.22. The summed E-state index contributed by atoms with van der Waals surface area (Å²) in [7, 11) is 0. The Morgan fingerprint density at radius 2 is 1.86 bits per heavy atom. The summed E-state index contributed by atoms with van der Waals surface area (Å²) in [6, 6.07) is 4.28. The van der Waals surface area contributed by atoms with Crippen LogP contribution in [0.4, 0.5) is 11.5 Å². The minimum absolute atomic E-state index is 0.109. The molecule has 0 bridgehead atoms. The van der Waals surface area contributed by atoms with Gasteiger partial charge >= 0.3 is 0 Å². The fourth-order valence-electron chi connectivity index (χ4n) is 2.77. The van der Waals surface area contributed by atoms with Crippen molar-refractivity contribution in [3.05, 3.63) is 42.1 Å². The van der Waals surface area contributed by atoms with Crippen LogP contribution in [-0.2, 0) is 0 Å². The van der Waals surface area contributed by atoms with E-state index in [9.17, 15) is 0 Å². The van der Waals surface area contributed by atoms with Crippen molar-refractivity contribution in [3.8, 4) is 0 Å². The highest BCUT2D eigenvalue weighted by molar-refractivity contribution is 5.50. The molecule has 1 aliphatic heterocycles. The number of rotatable bonds is 4. The van der Waals surface area contributed by atoms with Gasteiger partial charge < -0.3 is 10.2 Å². The Hall–Kier alpha value is -2.17. The molecule has 0 saturated carbocycles. The molecule has 3 rings (SSSR count). The first kappa shape index (κ1) is 13.8. The second kappa shape index (κ2) is 6.08. The number of nitrogens with zero attached hydrogens (tertiary/aromatic N) is 4. The van der Waals surface area contributed by atoms with E-state index in [0.717, 1.165) is 36.0 Å². The van der Waals surface area contributed by atoms with Crippen molar-refractivity contribution in [2.45, 2.75) is 32.7 Å². The van der Waals surface area contributed by atoms with E-state index >= 15 is 0 Å². The van der Waals surface area contributed by atoms with Crippen LogP contribution in [-0.4, -0.2) is 28.0 Å². The van der Waals surface area contributed by atoms with Gasteiger partial charge in [0, 0.05) is 25.5 Å². The van der Waals surface area contributed by atoms with Gasteiger partial charge in [0.25, 0.3) is 0 Å². The van der Waals surface area contributed by atoms with Gasteiger partial charge in [-0.05, 0) is 38.8 Å². The van der Waals surface area contributed by atoms with Crippen LogP contribution in [0.25, 0.3) is 0 Å². The van der Waals surface area contributed by atoms with Gasteiger partial charge in [0.2, 0.25) is 0 Å². The van der Waals surface area contributed by atoms with E-state index < -0.39 is 0 Å². The summed E-state index contributed by atoms with van der Waals surface area (Å²) in [5.41, 5.74) is 2.94. The lowest BCUT2D eigenvalue weighted by Gasteiger charge is -2.18. The summed E-state index contributed by atoms with van der Waals surface area (Å²) in [5.74, 6) is 1.07. The number of nitrogens with one attached hydrogen (secondary N) is 1. The zero-order chi connectivity index (χ0) is 14.7. The van der Waals surface area contributed by atoms with Crippen LogP contribution in [0.2, 0.25) is 0 Å². The molecule has 1 fully saturated rings. The molecule has 1 N–H and O–H groups in total. The summed E-state index contributed by atoms with van der Waals surface area (Å²) in [4.78, 5) is 15.6. The van der Waals surface area contributed by atoms with E-state index in [1.54, 1.807) is 12.4 Å². The summed E-state index contributed by atoms with van der Waals surface area (Å²) >= 11 is 0. The van der Waals surface area contributed by atoms with Crippen LogP contribution >= 0.6 is 0 Å². The number of anilines is 2. The van der Waals surface area contributed by atoms with Crippen molar-refractivity contribution in [1.82, 2.24) is 15.0 Å². The third-order valence-corrected chi connectivity index (χ3v) is 3.89. The second-order valence-electron chi connectivity index (χ2n) is 5.49. The zero-order valence-electron chi connectivity index (χ0n) is 12.6. The molecule has 0 amide bonds. The Bertz CT molecular complexity index is 590. The average Bonchev–Trinajstić information content (AvgIpc) is 3.02. The third-order valence-electron chi connectivity index (χ3n) is 3.89. The summed E-state index contributed by atoms with van der Waals surface area (Å²) < 4.78 is 0. The number of hydrogen-bond acceptors (Lipinski definition) is 5. The fraction of sp³-hybridized carbons (Fsp3) is 0.438. The number of hydrogen-bond donors (Lipinski definition) is 1. The number of aryl methyl sites for hydroxylation is 1. The normalized spacial score (nSPS) is 16.0. The molecule has 1 unspecified atom stereocenters. The van der Waals surface area contributed by atoms with Gasteiger partial charge in [-0.15, -0.1) is 0 Å². The topological polar surface area (TPSA) is 53.9 Å². The van der Waals surface area contributed by atoms with E-state index in [1.165, 1.54) is 12.8 Å². The lowest BCUT2D eigenvalue weighted by molar-refractivity contribution is 0.808. The average molecular weight is 283 g/mol. The predicted molar refractivity (Wildman–Crippen MR) is 84.5 cm³/mol. The van der Waals surface area contributed by atoms with E-state index in [1.807, 2.05) is 13.1 Å². The molecular formula is C16H21N5. The monoisotopic (exact) mass is 283 g/mol. The first-order chi connectivity index (χ1) is 10.2. The Morgan fingerprint density at radius 3 is 2.52 bits per heavy atom. The Morgan fingerprint density at radius 1 is 1.10 bits per heavy atom. The molecule has 1 aliphatic rings. The molecule has 110 valence electrons. The van der Waals surface area contributed by atoms with Gasteiger partial charge in [0.15, 0.2) is 0 Å². The van der Waals surface area contributed by atoms with Gasteiger partial charge in [-0.2, -0.15) is 0 Å². The largest absolute Gasteiger partial charge is 0.376 e. The first-order valence-electron chi connectivity index (χ1n) is 7.49. The molecule has 1 saturated heterocycles. The number of pyridine rings is 1. The van der Waals surface area contributed by atoms with E-state index in [2.05, 4.69) is 44.2 Å². The van der Waals surface area contributed by atoms with Gasteiger partial charge in [0.05, 0.1) is 29.3 Å². The SMILES string of the molecule is Cc1nccnc1C(C)Nc1ccc(N2CCCC2)nc1. The second-order valence-corrected chi connectivity index (χ2v) is 5.49. The maximum absolute atomic E-state index is 4.56. The summed E-state index contributed by atoms with van der Waals surface area (Å²) in [6.07, 6.45) is 7.89. The molecule has 0 aliphatic carbocycles. The molecule has 1 atom stereocenters. The standard InChI is InChI=1S/C16H21N5/c1-12-16(18-8-7-17-12)13(2)20-14-5-6-15(19-11-14)21-9-3-4-10-21/h5-8,11,13,20H,3-4,9-10H2,1-2H3. The Balaban J connectivity index is 1.69. The zero-order valence-corrected chi connectivity index (χ0v) is 12.6. The van der Waals surface area contributed by atoms with Crippen molar-refractivity contribution in [2.75, 3.05) is 23.3 Å². The van der Waals surface area contributed by atoms with Crippen molar-refractivity contribution in [3.63, 3.8) is 0 Å². The quantitative estimate of drug-likeness (QED) is 0.935. The van der Waals surface area contributed by atoms with Crippen LogP contribution < -0.4 is 10.2 Å². The molecule has 0 aromatic carbocycles. The van der Waals surface area contributed by atoms with Crippen LogP contribution in [0.15, 0.2) is 30.7 Å². The molecule has 2 aromatic rings. The summed E-state index contributed by atoms with van der Waals surface area (Å²) in [5, 5.41) is 3.43. The molecule has 5 heteroatoms. The molecular weight excluding hydrogens is 262 g/mol. The molecule has 0 spiro atoms. The minimum Gasteiger partial charge on any atom is -0.376 e. The van der Waals surface area contributed by atoms with Crippen molar-refractivity contribution >= 4 is 11.5 Å². The first-order valence-corrected chi connectivity index (χ1v) is 7.49. The third kappa shape index (κ3) is 3.12. The van der Waals surface area contributed by atoms with Crippen LogP contribution in [0.5, 0.6) is 0 Å². The van der Waals surface area contributed by atoms with Crippen LogP contribution in [0.3, 0.4) is 0 Å². The highest BCUT2D eigenvalue weighted by atomic mass is 15.2. The van der Waals surface area contributed by atoms with E-state index in [0.29, 0.717) is 0 Å². The van der Waals surface area contributed by atoms with Crippen molar-refractivity contribution < 1.29 is 0 Å². The van der Waals surface area contributed by atoms with Gasteiger partial charge in [-0.3, -0.25) is 9.97 Å². The Kier molecular flexibility index (Phi) is 3.99. The molecule has 0 radical (unpaired) electrons. The van der Waals surface area contributed by atoms with E-state index in [-0.39, 0.29) is 6.04 Å².